The van der Waals surface area contributed by atoms with Crippen LogP contribution in [0.1, 0.15) is 79.2 Å². The standard InChI is InChI=1S/C24H33NO2S/c1-4-5-6-9-14-25-16-17-10-7-8-11-18(17)22-21(23(26)27)19-15-24(2,3)13-12-20(19)28-22/h7-8,10-11,25H,4-6,9,12-16H2,1-3H3,(H,26,27). The molecule has 2 N–H and O–H groups in total. The Balaban J connectivity index is 1.86. The number of nitrogens with one attached hydrogen (secondary N) is 1. The molecule has 1 aliphatic carbocycles. The summed E-state index contributed by atoms with van der Waals surface area (Å²) in [6.07, 6.45) is 7.97. The molecule has 4 heteroatoms. The summed E-state index contributed by atoms with van der Waals surface area (Å²) in [4.78, 5) is 14.4. The van der Waals surface area contributed by atoms with Crippen LogP contribution in [0.2, 0.25) is 0 Å². The molecule has 1 aliphatic rings. The summed E-state index contributed by atoms with van der Waals surface area (Å²) in [5, 5.41) is 13.6. The van der Waals surface area contributed by atoms with Gasteiger partial charge in [-0.3, -0.25) is 0 Å². The van der Waals surface area contributed by atoms with Gasteiger partial charge in [-0.2, -0.15) is 0 Å². The van der Waals surface area contributed by atoms with Crippen LogP contribution in [-0.2, 0) is 19.4 Å². The van der Waals surface area contributed by atoms with Gasteiger partial charge in [0, 0.05) is 16.3 Å². The van der Waals surface area contributed by atoms with Crippen LogP contribution in [0.3, 0.4) is 0 Å². The number of aromatic carboxylic acids is 1. The summed E-state index contributed by atoms with van der Waals surface area (Å²) in [6, 6.07) is 8.29. The van der Waals surface area contributed by atoms with Crippen molar-refractivity contribution < 1.29 is 9.90 Å². The fourth-order valence-electron chi connectivity index (χ4n) is 4.13. The van der Waals surface area contributed by atoms with Gasteiger partial charge in [0.05, 0.1) is 5.56 Å². The van der Waals surface area contributed by atoms with Gasteiger partial charge < -0.3 is 10.4 Å². The monoisotopic (exact) mass is 399 g/mol. The number of carbonyl (C=O) groups is 1. The first-order valence-electron chi connectivity index (χ1n) is 10.6. The molecular formula is C24H33NO2S. The lowest BCUT2D eigenvalue weighted by molar-refractivity contribution is 0.0696. The molecule has 2 aromatic rings. The van der Waals surface area contributed by atoms with Crippen molar-refractivity contribution >= 4 is 17.3 Å². The van der Waals surface area contributed by atoms with E-state index >= 15 is 0 Å². The molecule has 0 amide bonds. The highest BCUT2D eigenvalue weighted by Gasteiger charge is 2.33. The molecule has 3 rings (SSSR count). The van der Waals surface area contributed by atoms with Crippen molar-refractivity contribution in [1.82, 2.24) is 5.32 Å². The molecule has 1 aromatic carbocycles. The third-order valence-corrected chi connectivity index (χ3v) is 7.10. The normalized spacial score (nSPS) is 15.4. The number of aryl methyl sites for hydroxylation is 1. The topological polar surface area (TPSA) is 49.3 Å². The molecule has 0 spiro atoms. The number of benzene rings is 1. The van der Waals surface area contributed by atoms with Gasteiger partial charge in [0.15, 0.2) is 0 Å². The Kier molecular flexibility index (Phi) is 6.95. The third-order valence-electron chi connectivity index (χ3n) is 5.77. The van der Waals surface area contributed by atoms with Crippen molar-refractivity contribution in [2.45, 2.75) is 72.3 Å². The average Bonchev–Trinajstić information content (AvgIpc) is 3.02. The van der Waals surface area contributed by atoms with Crippen LogP contribution >= 0.6 is 11.3 Å². The molecule has 0 atom stereocenters. The van der Waals surface area contributed by atoms with Gasteiger partial charge in [0.25, 0.3) is 0 Å². The van der Waals surface area contributed by atoms with E-state index in [0.717, 1.165) is 48.4 Å². The second-order valence-electron chi connectivity index (χ2n) is 8.75. The van der Waals surface area contributed by atoms with Crippen LogP contribution in [0.4, 0.5) is 0 Å². The van der Waals surface area contributed by atoms with Crippen molar-refractivity contribution in [2.75, 3.05) is 6.54 Å². The number of thiophene rings is 1. The SMILES string of the molecule is CCCCCCNCc1ccccc1-c1sc2c(c1C(=O)O)CC(C)(C)CC2. The van der Waals surface area contributed by atoms with E-state index in [1.165, 1.54) is 36.1 Å². The minimum atomic E-state index is -0.785. The number of hydrogen-bond donors (Lipinski definition) is 2. The predicted octanol–water partition coefficient (Wildman–Crippen LogP) is 6.30. The van der Waals surface area contributed by atoms with Gasteiger partial charge in [-0.05, 0) is 54.3 Å². The van der Waals surface area contributed by atoms with Gasteiger partial charge in [-0.25, -0.2) is 4.79 Å². The lowest BCUT2D eigenvalue weighted by Gasteiger charge is -2.29. The number of fused-ring (bicyclic) bond motifs is 1. The Hall–Kier alpha value is -1.65. The Morgan fingerprint density at radius 1 is 1.21 bits per heavy atom. The number of rotatable bonds is 9. The third kappa shape index (κ3) is 4.84. The fourth-order valence-corrected chi connectivity index (χ4v) is 5.50. The minimum absolute atomic E-state index is 0.176. The Bertz CT molecular complexity index is 822. The van der Waals surface area contributed by atoms with Crippen LogP contribution < -0.4 is 5.32 Å². The van der Waals surface area contributed by atoms with Crippen LogP contribution in [0.5, 0.6) is 0 Å². The van der Waals surface area contributed by atoms with E-state index in [4.69, 9.17) is 0 Å². The highest BCUT2D eigenvalue weighted by molar-refractivity contribution is 7.16. The largest absolute Gasteiger partial charge is 0.478 e. The molecule has 0 fully saturated rings. The highest BCUT2D eigenvalue weighted by atomic mass is 32.1. The van der Waals surface area contributed by atoms with E-state index in [9.17, 15) is 9.90 Å². The average molecular weight is 400 g/mol. The maximum absolute atomic E-state index is 12.2. The number of unbranched alkanes of at least 4 members (excludes halogenated alkanes) is 3. The zero-order valence-corrected chi connectivity index (χ0v) is 18.3. The van der Waals surface area contributed by atoms with Crippen molar-refractivity contribution in [3.63, 3.8) is 0 Å². The lowest BCUT2D eigenvalue weighted by atomic mass is 9.76. The van der Waals surface area contributed by atoms with Crippen LogP contribution in [0, 0.1) is 5.41 Å². The number of carboxylic acids is 1. The van der Waals surface area contributed by atoms with Crippen LogP contribution in [0.25, 0.3) is 10.4 Å². The van der Waals surface area contributed by atoms with E-state index in [2.05, 4.69) is 44.3 Å². The van der Waals surface area contributed by atoms with E-state index in [1.54, 1.807) is 11.3 Å². The Labute approximate surface area is 173 Å². The van der Waals surface area contributed by atoms with Crippen molar-refractivity contribution in [3.8, 4) is 10.4 Å². The van der Waals surface area contributed by atoms with E-state index in [-0.39, 0.29) is 5.41 Å². The summed E-state index contributed by atoms with van der Waals surface area (Å²) >= 11 is 1.70. The summed E-state index contributed by atoms with van der Waals surface area (Å²) in [7, 11) is 0. The highest BCUT2D eigenvalue weighted by Crippen LogP contribution is 2.45. The smallest absolute Gasteiger partial charge is 0.337 e. The molecule has 0 saturated heterocycles. The maximum Gasteiger partial charge on any atom is 0.337 e. The van der Waals surface area contributed by atoms with Crippen molar-refractivity contribution in [2.24, 2.45) is 5.41 Å². The first-order valence-corrected chi connectivity index (χ1v) is 11.4. The summed E-state index contributed by atoms with van der Waals surface area (Å²) < 4.78 is 0. The van der Waals surface area contributed by atoms with Gasteiger partial charge in [-0.1, -0.05) is 64.3 Å². The molecule has 0 bridgehead atoms. The van der Waals surface area contributed by atoms with Crippen molar-refractivity contribution in [3.05, 3.63) is 45.8 Å². The Morgan fingerprint density at radius 2 is 2.00 bits per heavy atom. The zero-order valence-electron chi connectivity index (χ0n) is 17.4. The maximum atomic E-state index is 12.2. The van der Waals surface area contributed by atoms with Gasteiger partial charge >= 0.3 is 5.97 Å². The Morgan fingerprint density at radius 3 is 2.75 bits per heavy atom. The molecule has 0 aliphatic heterocycles. The van der Waals surface area contributed by atoms with Gasteiger partial charge in [0.2, 0.25) is 0 Å². The van der Waals surface area contributed by atoms with Crippen LogP contribution in [0.15, 0.2) is 24.3 Å². The second kappa shape index (κ2) is 9.23. The van der Waals surface area contributed by atoms with E-state index in [1.807, 2.05) is 6.07 Å². The molecule has 3 nitrogen and oxygen atoms in total. The first-order chi connectivity index (χ1) is 13.4. The molecule has 28 heavy (non-hydrogen) atoms. The summed E-state index contributed by atoms with van der Waals surface area (Å²) in [5.74, 6) is -0.785. The molecule has 152 valence electrons. The molecule has 0 unspecified atom stereocenters. The molecule has 1 aromatic heterocycles. The molecule has 0 saturated carbocycles. The summed E-state index contributed by atoms with van der Waals surface area (Å²) in [6.45, 7) is 8.51. The molecular weight excluding hydrogens is 366 g/mol. The van der Waals surface area contributed by atoms with E-state index in [0.29, 0.717) is 5.56 Å². The quantitative estimate of drug-likeness (QED) is 0.487. The lowest BCUT2D eigenvalue weighted by Crippen LogP contribution is -2.22. The van der Waals surface area contributed by atoms with Crippen LogP contribution in [-0.4, -0.2) is 17.6 Å². The molecule has 1 heterocycles. The minimum Gasteiger partial charge on any atom is -0.478 e. The first kappa shape index (κ1) is 21.1. The van der Waals surface area contributed by atoms with E-state index < -0.39 is 5.97 Å². The molecule has 0 radical (unpaired) electrons. The number of carboxylic acid groups (broad SMARTS) is 1. The fraction of sp³-hybridized carbons (Fsp3) is 0.542. The predicted molar refractivity (Wildman–Crippen MR) is 118 cm³/mol. The second-order valence-corrected chi connectivity index (χ2v) is 9.85. The van der Waals surface area contributed by atoms with Gasteiger partial charge in [0.1, 0.15) is 0 Å². The zero-order chi connectivity index (χ0) is 20.1. The summed E-state index contributed by atoms with van der Waals surface area (Å²) in [5.41, 5.74) is 4.07. The number of hydrogen-bond acceptors (Lipinski definition) is 3. The van der Waals surface area contributed by atoms with Crippen molar-refractivity contribution in [1.29, 1.82) is 0 Å². The van der Waals surface area contributed by atoms with Gasteiger partial charge in [-0.15, -0.1) is 11.3 Å².